The molecule has 1 fully saturated rings. The molecule has 0 bridgehead atoms. The summed E-state index contributed by atoms with van der Waals surface area (Å²) in [4.78, 5) is 11.9. The zero-order chi connectivity index (χ0) is 21.2. The number of amides is 1. The Labute approximate surface area is 186 Å². The average Bonchev–Trinajstić information content (AvgIpc) is 3.39. The third kappa shape index (κ3) is 3.98. The molecule has 1 amide bonds. The average molecular weight is 425 g/mol. The number of rotatable bonds is 4. The highest BCUT2D eigenvalue weighted by molar-refractivity contribution is 7.80. The second-order valence-electron chi connectivity index (χ2n) is 7.45. The Balaban J connectivity index is 1.47. The Morgan fingerprint density at radius 2 is 1.58 bits per heavy atom. The van der Waals surface area contributed by atoms with Crippen LogP contribution in [0.1, 0.15) is 29.2 Å². The van der Waals surface area contributed by atoms with E-state index in [1.54, 1.807) is 6.08 Å². The van der Waals surface area contributed by atoms with E-state index in [4.69, 9.17) is 17.3 Å². The quantitative estimate of drug-likeness (QED) is 0.482. The number of anilines is 1. The predicted octanol–water partition coefficient (Wildman–Crippen LogP) is 4.39. The van der Waals surface area contributed by atoms with Crippen LogP contribution in [0.25, 0.3) is 6.08 Å². The fourth-order valence-corrected chi connectivity index (χ4v) is 4.06. The second kappa shape index (κ2) is 8.16. The van der Waals surface area contributed by atoms with Gasteiger partial charge in [0.2, 0.25) is 0 Å². The van der Waals surface area contributed by atoms with Crippen LogP contribution in [0.2, 0.25) is 0 Å². The van der Waals surface area contributed by atoms with Crippen LogP contribution < -0.4 is 15.6 Å². The lowest BCUT2D eigenvalue weighted by molar-refractivity contribution is -0.115. The van der Waals surface area contributed by atoms with Crippen molar-refractivity contribution in [3.05, 3.63) is 107 Å². The van der Waals surface area contributed by atoms with Crippen LogP contribution in [-0.2, 0) is 4.79 Å². The molecular weight excluding hydrogens is 404 g/mol. The molecule has 0 aliphatic carbocycles. The first-order valence-corrected chi connectivity index (χ1v) is 10.5. The van der Waals surface area contributed by atoms with Crippen molar-refractivity contribution in [1.29, 1.82) is 0 Å². The van der Waals surface area contributed by atoms with Gasteiger partial charge in [-0.1, -0.05) is 72.8 Å². The monoisotopic (exact) mass is 424 g/mol. The van der Waals surface area contributed by atoms with Crippen molar-refractivity contribution in [2.45, 2.75) is 12.5 Å². The van der Waals surface area contributed by atoms with E-state index >= 15 is 0 Å². The van der Waals surface area contributed by atoms with Crippen molar-refractivity contribution in [3.8, 4) is 0 Å². The molecule has 1 unspecified atom stereocenters. The van der Waals surface area contributed by atoms with Gasteiger partial charge in [-0.05, 0) is 47.1 Å². The highest BCUT2D eigenvalue weighted by Gasteiger charge is 2.29. The van der Waals surface area contributed by atoms with E-state index in [0.717, 1.165) is 28.9 Å². The lowest BCUT2D eigenvalue weighted by Crippen LogP contribution is -2.21. The molecule has 3 aromatic rings. The zero-order valence-electron chi connectivity index (χ0n) is 16.7. The number of nitrogens with one attached hydrogen (secondary N) is 2. The fraction of sp³-hybridized carbons (Fsp3) is 0.0800. The lowest BCUT2D eigenvalue weighted by atomic mass is 9.98. The van der Waals surface area contributed by atoms with Gasteiger partial charge < -0.3 is 5.32 Å². The van der Waals surface area contributed by atoms with E-state index in [-0.39, 0.29) is 11.9 Å². The summed E-state index contributed by atoms with van der Waals surface area (Å²) >= 11 is 4.99. The molecular formula is C25H20N4OS. The standard InChI is InChI=1S/C25H20N4OS/c30-24-22(26-25(31)27-24)15-17-11-13-20(14-12-17)29-23(19-9-5-2-6-10-19)16-21(28-29)18-7-3-1-4-8-18/h1-15,23H,16H2,(H2,26,27,30,31)/b22-15+. The highest BCUT2D eigenvalue weighted by Crippen LogP contribution is 2.36. The maximum absolute atomic E-state index is 11.9. The lowest BCUT2D eigenvalue weighted by Gasteiger charge is -2.24. The van der Waals surface area contributed by atoms with Crippen molar-refractivity contribution < 1.29 is 4.79 Å². The molecule has 1 atom stereocenters. The molecule has 0 radical (unpaired) electrons. The first-order chi connectivity index (χ1) is 15.2. The highest BCUT2D eigenvalue weighted by atomic mass is 32.1. The molecule has 31 heavy (non-hydrogen) atoms. The Kier molecular flexibility index (Phi) is 5.06. The molecule has 0 aromatic heterocycles. The van der Waals surface area contributed by atoms with Crippen LogP contribution in [-0.4, -0.2) is 16.7 Å². The Morgan fingerprint density at radius 3 is 2.23 bits per heavy atom. The van der Waals surface area contributed by atoms with Crippen molar-refractivity contribution in [1.82, 2.24) is 10.6 Å². The van der Waals surface area contributed by atoms with E-state index in [1.165, 1.54) is 5.56 Å². The van der Waals surface area contributed by atoms with Gasteiger partial charge in [0.1, 0.15) is 5.70 Å². The molecule has 2 aliphatic heterocycles. The molecule has 0 spiro atoms. The van der Waals surface area contributed by atoms with Gasteiger partial charge in [0.15, 0.2) is 5.11 Å². The number of hydrogen-bond acceptors (Lipinski definition) is 4. The second-order valence-corrected chi connectivity index (χ2v) is 7.85. The Hall–Kier alpha value is -3.77. The maximum Gasteiger partial charge on any atom is 0.273 e. The summed E-state index contributed by atoms with van der Waals surface area (Å²) in [5.41, 5.74) is 5.80. The van der Waals surface area contributed by atoms with E-state index in [9.17, 15) is 4.79 Å². The number of hydrogen-bond donors (Lipinski definition) is 2. The Bertz CT molecular complexity index is 1190. The van der Waals surface area contributed by atoms with Crippen LogP contribution in [0, 0.1) is 0 Å². The SMILES string of the molecule is O=C1NC(=S)N/C1=C/c1ccc(N2N=C(c3ccccc3)CC2c2ccccc2)cc1. The smallest absolute Gasteiger partial charge is 0.273 e. The van der Waals surface area contributed by atoms with Crippen molar-refractivity contribution in [3.63, 3.8) is 0 Å². The molecule has 0 saturated carbocycles. The maximum atomic E-state index is 11.9. The van der Waals surface area contributed by atoms with Gasteiger partial charge in [-0.3, -0.25) is 15.1 Å². The third-order valence-electron chi connectivity index (χ3n) is 5.39. The summed E-state index contributed by atoms with van der Waals surface area (Å²) in [6.45, 7) is 0. The van der Waals surface area contributed by atoms with Crippen LogP contribution in [0.3, 0.4) is 0 Å². The number of benzene rings is 3. The molecule has 5 nitrogen and oxygen atoms in total. The van der Waals surface area contributed by atoms with Gasteiger partial charge in [0.25, 0.3) is 5.91 Å². The number of carbonyl (C=O) groups excluding carboxylic acids is 1. The van der Waals surface area contributed by atoms with Crippen molar-refractivity contribution >= 4 is 40.7 Å². The van der Waals surface area contributed by atoms with Crippen molar-refractivity contribution in [2.24, 2.45) is 5.10 Å². The summed E-state index contributed by atoms with van der Waals surface area (Å²) in [5.74, 6) is -0.213. The number of carbonyl (C=O) groups is 1. The summed E-state index contributed by atoms with van der Waals surface area (Å²) in [7, 11) is 0. The first kappa shape index (κ1) is 19.2. The van der Waals surface area contributed by atoms with Crippen molar-refractivity contribution in [2.75, 3.05) is 5.01 Å². The van der Waals surface area contributed by atoms with E-state index in [0.29, 0.717) is 10.8 Å². The molecule has 5 rings (SSSR count). The summed E-state index contributed by atoms with van der Waals surface area (Å²) in [6, 6.07) is 28.9. The predicted molar refractivity (Wildman–Crippen MR) is 128 cm³/mol. The Morgan fingerprint density at radius 1 is 0.903 bits per heavy atom. The summed E-state index contributed by atoms with van der Waals surface area (Å²) in [6.07, 6.45) is 2.62. The number of hydrazone groups is 1. The van der Waals surface area contributed by atoms with E-state index < -0.39 is 0 Å². The topological polar surface area (TPSA) is 56.7 Å². The minimum atomic E-state index is -0.213. The molecule has 2 aliphatic rings. The largest absolute Gasteiger partial charge is 0.328 e. The number of nitrogens with zero attached hydrogens (tertiary/aromatic N) is 2. The molecule has 1 saturated heterocycles. The van der Waals surface area contributed by atoms with Gasteiger partial charge in [-0.15, -0.1) is 0 Å². The zero-order valence-corrected chi connectivity index (χ0v) is 17.5. The summed E-state index contributed by atoms with van der Waals surface area (Å²) in [5, 5.41) is 12.9. The fourth-order valence-electron chi connectivity index (χ4n) is 3.86. The minimum Gasteiger partial charge on any atom is -0.328 e. The van der Waals surface area contributed by atoms with Gasteiger partial charge >= 0.3 is 0 Å². The van der Waals surface area contributed by atoms with E-state index in [1.807, 2.05) is 48.5 Å². The van der Waals surface area contributed by atoms with Crippen LogP contribution in [0.4, 0.5) is 5.69 Å². The van der Waals surface area contributed by atoms with Gasteiger partial charge in [0.05, 0.1) is 17.4 Å². The molecule has 6 heteroatoms. The number of thiocarbonyl (C=S) groups is 1. The van der Waals surface area contributed by atoms with Crippen LogP contribution >= 0.6 is 12.2 Å². The molecule has 2 N–H and O–H groups in total. The van der Waals surface area contributed by atoms with E-state index in [2.05, 4.69) is 52.0 Å². The summed E-state index contributed by atoms with van der Waals surface area (Å²) < 4.78 is 0. The molecule has 3 aromatic carbocycles. The normalized spacial score (nSPS) is 19.4. The van der Waals surface area contributed by atoms with Crippen LogP contribution in [0.5, 0.6) is 0 Å². The third-order valence-corrected chi connectivity index (χ3v) is 5.59. The molecule has 152 valence electrons. The molecule has 2 heterocycles. The van der Waals surface area contributed by atoms with Gasteiger partial charge in [0, 0.05) is 6.42 Å². The van der Waals surface area contributed by atoms with Crippen LogP contribution in [0.15, 0.2) is 95.7 Å². The van der Waals surface area contributed by atoms with Gasteiger partial charge in [-0.25, -0.2) is 0 Å². The minimum absolute atomic E-state index is 0.125. The first-order valence-electron chi connectivity index (χ1n) is 10.1. The van der Waals surface area contributed by atoms with Gasteiger partial charge in [-0.2, -0.15) is 5.10 Å².